The third-order valence-corrected chi connectivity index (χ3v) is 4.00. The Balaban J connectivity index is 2.22. The van der Waals surface area contributed by atoms with Crippen molar-refractivity contribution in [3.05, 3.63) is 30.3 Å². The highest BCUT2D eigenvalue weighted by atomic mass is 32.2. The molecule has 0 amide bonds. The van der Waals surface area contributed by atoms with E-state index in [0.29, 0.717) is 0 Å². The quantitative estimate of drug-likeness (QED) is 0.784. The zero-order chi connectivity index (χ0) is 10.9. The highest BCUT2D eigenvalue weighted by Gasteiger charge is 2.46. The van der Waals surface area contributed by atoms with Gasteiger partial charge in [0.2, 0.25) is 10.0 Å². The summed E-state index contributed by atoms with van der Waals surface area (Å²) in [6.07, 6.45) is 1.46. The summed E-state index contributed by atoms with van der Waals surface area (Å²) in [5.74, 6) is 0. The van der Waals surface area contributed by atoms with Crippen molar-refractivity contribution in [2.45, 2.75) is 23.5 Å². The Kier molecular flexibility index (Phi) is 2.54. The summed E-state index contributed by atoms with van der Waals surface area (Å²) in [4.78, 5) is 0.272. The summed E-state index contributed by atoms with van der Waals surface area (Å²) in [7, 11) is -1.93. The predicted molar refractivity (Wildman–Crippen MR) is 55.7 cm³/mol. The fraction of sp³-hybridized carbons (Fsp3) is 0.400. The van der Waals surface area contributed by atoms with Gasteiger partial charge in [-0.25, -0.2) is 8.42 Å². The molecule has 0 spiro atoms. The van der Waals surface area contributed by atoms with Crippen LogP contribution in [0.3, 0.4) is 0 Å². The number of benzene rings is 1. The van der Waals surface area contributed by atoms with Gasteiger partial charge in [-0.05, 0) is 25.0 Å². The molecule has 1 aromatic rings. The van der Waals surface area contributed by atoms with E-state index < -0.39 is 15.7 Å². The molecule has 0 atom stereocenters. The normalized spacial score (nSPS) is 18.7. The van der Waals surface area contributed by atoms with Crippen molar-refractivity contribution in [1.82, 2.24) is 4.72 Å². The Morgan fingerprint density at radius 3 is 2.33 bits per heavy atom. The van der Waals surface area contributed by atoms with Crippen molar-refractivity contribution in [1.29, 1.82) is 0 Å². The molecule has 2 rings (SSSR count). The first kappa shape index (κ1) is 10.6. The lowest BCUT2D eigenvalue weighted by Gasteiger charge is -2.15. The van der Waals surface area contributed by atoms with Gasteiger partial charge in [0.15, 0.2) is 0 Å². The van der Waals surface area contributed by atoms with Gasteiger partial charge >= 0.3 is 0 Å². The van der Waals surface area contributed by atoms with Crippen LogP contribution in [-0.2, 0) is 14.8 Å². The standard InChI is InChI=1S/C10H13NO3S/c1-14-10(7-8-10)11-15(12,13)9-5-3-2-4-6-9/h2-6,11H,7-8H2,1H3. The number of nitrogens with one attached hydrogen (secondary N) is 1. The van der Waals surface area contributed by atoms with Crippen molar-refractivity contribution in [3.63, 3.8) is 0 Å². The van der Waals surface area contributed by atoms with Gasteiger partial charge in [-0.1, -0.05) is 18.2 Å². The van der Waals surface area contributed by atoms with Gasteiger partial charge in [0, 0.05) is 7.11 Å². The molecule has 82 valence electrons. The fourth-order valence-electron chi connectivity index (χ4n) is 1.36. The number of hydrogen-bond donors (Lipinski definition) is 1. The number of sulfonamides is 1. The summed E-state index contributed by atoms with van der Waals surface area (Å²) < 4.78 is 31.4. The fourth-order valence-corrected chi connectivity index (χ4v) is 2.78. The van der Waals surface area contributed by atoms with Crippen LogP contribution in [0.2, 0.25) is 0 Å². The van der Waals surface area contributed by atoms with E-state index in [0.717, 1.165) is 12.8 Å². The van der Waals surface area contributed by atoms with Crippen molar-refractivity contribution >= 4 is 10.0 Å². The average Bonchev–Trinajstić information content (AvgIpc) is 2.99. The van der Waals surface area contributed by atoms with E-state index in [1.165, 1.54) is 7.11 Å². The maximum absolute atomic E-state index is 11.9. The van der Waals surface area contributed by atoms with Crippen molar-refractivity contribution in [2.24, 2.45) is 0 Å². The molecular formula is C10H13NO3S. The van der Waals surface area contributed by atoms with Crippen molar-refractivity contribution in [3.8, 4) is 0 Å². The van der Waals surface area contributed by atoms with Gasteiger partial charge in [0.1, 0.15) is 5.72 Å². The molecule has 0 aliphatic heterocycles. The molecule has 0 heterocycles. The molecule has 1 saturated carbocycles. The minimum absolute atomic E-state index is 0.272. The van der Waals surface area contributed by atoms with Crippen LogP contribution in [0.5, 0.6) is 0 Å². The third kappa shape index (κ3) is 2.19. The molecule has 0 saturated heterocycles. The van der Waals surface area contributed by atoms with Crippen LogP contribution in [0.4, 0.5) is 0 Å². The zero-order valence-corrected chi connectivity index (χ0v) is 9.25. The van der Waals surface area contributed by atoms with E-state index >= 15 is 0 Å². The van der Waals surface area contributed by atoms with Crippen LogP contribution < -0.4 is 4.72 Å². The zero-order valence-electron chi connectivity index (χ0n) is 8.43. The highest BCUT2D eigenvalue weighted by Crippen LogP contribution is 2.37. The Morgan fingerprint density at radius 2 is 1.87 bits per heavy atom. The average molecular weight is 227 g/mol. The van der Waals surface area contributed by atoms with Gasteiger partial charge in [-0.15, -0.1) is 0 Å². The summed E-state index contributed by atoms with van der Waals surface area (Å²) in [6, 6.07) is 8.30. The molecule has 1 N–H and O–H groups in total. The van der Waals surface area contributed by atoms with E-state index in [1.54, 1.807) is 30.3 Å². The molecule has 0 radical (unpaired) electrons. The second kappa shape index (κ2) is 3.59. The van der Waals surface area contributed by atoms with E-state index in [1.807, 2.05) is 0 Å². The van der Waals surface area contributed by atoms with Crippen LogP contribution in [0.1, 0.15) is 12.8 Å². The molecule has 15 heavy (non-hydrogen) atoms. The van der Waals surface area contributed by atoms with Crippen LogP contribution in [0.25, 0.3) is 0 Å². The lowest BCUT2D eigenvalue weighted by atomic mass is 10.4. The molecule has 1 fully saturated rings. The van der Waals surface area contributed by atoms with Gasteiger partial charge < -0.3 is 4.74 Å². The van der Waals surface area contributed by atoms with Gasteiger partial charge in [-0.3, -0.25) is 0 Å². The summed E-state index contributed by atoms with van der Waals surface area (Å²) in [5, 5.41) is 0. The summed E-state index contributed by atoms with van der Waals surface area (Å²) in [5.41, 5.74) is -0.658. The van der Waals surface area contributed by atoms with E-state index in [-0.39, 0.29) is 4.90 Å². The third-order valence-electron chi connectivity index (χ3n) is 2.47. The van der Waals surface area contributed by atoms with Crippen LogP contribution >= 0.6 is 0 Å². The Bertz CT molecular complexity index is 437. The topological polar surface area (TPSA) is 55.4 Å². The van der Waals surface area contributed by atoms with Gasteiger partial charge in [0.25, 0.3) is 0 Å². The van der Waals surface area contributed by atoms with Gasteiger partial charge in [-0.2, -0.15) is 4.72 Å². The Morgan fingerprint density at radius 1 is 1.27 bits per heavy atom. The minimum Gasteiger partial charge on any atom is -0.363 e. The smallest absolute Gasteiger partial charge is 0.242 e. The lowest BCUT2D eigenvalue weighted by molar-refractivity contribution is 0.0711. The first-order valence-corrected chi connectivity index (χ1v) is 6.20. The molecule has 0 unspecified atom stereocenters. The molecule has 1 aliphatic carbocycles. The number of rotatable bonds is 4. The van der Waals surface area contributed by atoms with Crippen LogP contribution in [0, 0.1) is 0 Å². The van der Waals surface area contributed by atoms with E-state index in [4.69, 9.17) is 4.74 Å². The monoisotopic (exact) mass is 227 g/mol. The molecule has 1 aliphatic rings. The van der Waals surface area contributed by atoms with Crippen molar-refractivity contribution < 1.29 is 13.2 Å². The SMILES string of the molecule is COC1(NS(=O)(=O)c2ccccc2)CC1. The number of hydrogen-bond acceptors (Lipinski definition) is 3. The van der Waals surface area contributed by atoms with Crippen LogP contribution in [0.15, 0.2) is 35.2 Å². The molecule has 0 bridgehead atoms. The van der Waals surface area contributed by atoms with Crippen molar-refractivity contribution in [2.75, 3.05) is 7.11 Å². The lowest BCUT2D eigenvalue weighted by Crippen LogP contribution is -2.38. The van der Waals surface area contributed by atoms with E-state index in [9.17, 15) is 8.42 Å². The summed E-state index contributed by atoms with van der Waals surface area (Å²) in [6.45, 7) is 0. The maximum Gasteiger partial charge on any atom is 0.242 e. The molecule has 1 aromatic carbocycles. The predicted octanol–water partition coefficient (Wildman–Crippen LogP) is 1.10. The van der Waals surface area contributed by atoms with Gasteiger partial charge in [0.05, 0.1) is 4.90 Å². The second-order valence-corrected chi connectivity index (χ2v) is 5.30. The number of ether oxygens (including phenoxy) is 1. The Hall–Kier alpha value is -0.910. The highest BCUT2D eigenvalue weighted by molar-refractivity contribution is 7.89. The first-order chi connectivity index (χ1) is 7.08. The maximum atomic E-state index is 11.9. The second-order valence-electron chi connectivity index (χ2n) is 3.62. The Labute approximate surface area is 89.3 Å². The molecule has 0 aromatic heterocycles. The number of methoxy groups -OCH3 is 1. The summed E-state index contributed by atoms with van der Waals surface area (Å²) >= 11 is 0. The van der Waals surface area contributed by atoms with Crippen LogP contribution in [-0.4, -0.2) is 21.3 Å². The van der Waals surface area contributed by atoms with E-state index in [2.05, 4.69) is 4.72 Å². The largest absolute Gasteiger partial charge is 0.363 e. The molecule has 5 heteroatoms. The molecular weight excluding hydrogens is 214 g/mol. The first-order valence-electron chi connectivity index (χ1n) is 4.72. The molecule has 4 nitrogen and oxygen atoms in total. The minimum atomic E-state index is -3.44.